The molecule has 1 saturated carbocycles. The van der Waals surface area contributed by atoms with Gasteiger partial charge in [0.15, 0.2) is 16.9 Å². The molecule has 3 aliphatic rings. The van der Waals surface area contributed by atoms with Crippen LogP contribution in [0.3, 0.4) is 0 Å². The number of rotatable bonds is 5. The Morgan fingerprint density at radius 2 is 1.85 bits per heavy atom. The molecule has 9 nitrogen and oxygen atoms in total. The molecule has 10 heteroatoms. The van der Waals surface area contributed by atoms with Crippen LogP contribution in [0.1, 0.15) is 40.2 Å². The van der Waals surface area contributed by atoms with E-state index in [-0.39, 0.29) is 24.8 Å². The number of nitrogens with zero attached hydrogens (tertiary/aromatic N) is 2. The lowest BCUT2D eigenvalue weighted by molar-refractivity contribution is -0.116. The van der Waals surface area contributed by atoms with Crippen LogP contribution >= 0.6 is 0 Å². The van der Waals surface area contributed by atoms with Crippen LogP contribution in [0, 0.1) is 12.4 Å². The van der Waals surface area contributed by atoms with Crippen molar-refractivity contribution in [3.05, 3.63) is 106 Å². The van der Waals surface area contributed by atoms with E-state index in [0.717, 1.165) is 0 Å². The van der Waals surface area contributed by atoms with Crippen LogP contribution in [0.5, 0.6) is 5.75 Å². The van der Waals surface area contributed by atoms with Crippen LogP contribution in [-0.2, 0) is 29.2 Å². The third kappa shape index (κ3) is 4.16. The minimum Gasteiger partial charge on any atom is -0.478 e. The standard InChI is InChI=1S/C31H30FN3O6/c1-33-24-7-5-22(6-8-24)31-25(20-3-2-4-23(32)15-20)16-27(34-29(38)35-9-11-40-12-10-35)30(31,39)28-21(18-37)13-19(17-36)14-26(28)41-31/h2-8,13-15,25,27,36-37,39H,9-12,16-18H2,(H,34,38)/t25-,27-,30+,31-/m0/s1. The zero-order valence-corrected chi connectivity index (χ0v) is 22.2. The lowest BCUT2D eigenvalue weighted by atomic mass is 9.70. The number of carbonyl (C=O) groups is 1. The molecule has 41 heavy (non-hydrogen) atoms. The number of urea groups is 1. The molecule has 2 aliphatic heterocycles. The van der Waals surface area contributed by atoms with Crippen molar-refractivity contribution in [2.24, 2.45) is 0 Å². The highest BCUT2D eigenvalue weighted by Gasteiger charge is 2.73. The summed E-state index contributed by atoms with van der Waals surface area (Å²) in [5.74, 6) is -0.864. The van der Waals surface area contributed by atoms with Crippen LogP contribution < -0.4 is 10.1 Å². The number of morpholine rings is 1. The van der Waals surface area contributed by atoms with Crippen molar-refractivity contribution in [2.45, 2.75) is 42.8 Å². The van der Waals surface area contributed by atoms with Gasteiger partial charge in [0, 0.05) is 24.6 Å². The van der Waals surface area contributed by atoms with Crippen molar-refractivity contribution in [1.29, 1.82) is 0 Å². The third-order valence-corrected chi connectivity index (χ3v) is 8.55. The molecule has 4 atom stereocenters. The fraction of sp³-hybridized carbons (Fsp3) is 0.355. The fourth-order valence-corrected chi connectivity index (χ4v) is 6.77. The third-order valence-electron chi connectivity index (χ3n) is 8.55. The fourth-order valence-electron chi connectivity index (χ4n) is 6.77. The molecule has 0 unspecified atom stereocenters. The molecule has 0 spiro atoms. The zero-order valence-electron chi connectivity index (χ0n) is 22.2. The predicted octanol–water partition coefficient (Wildman–Crippen LogP) is 3.43. The maximum absolute atomic E-state index is 14.6. The average Bonchev–Trinajstić information content (AvgIpc) is 3.41. The van der Waals surface area contributed by atoms with E-state index in [0.29, 0.717) is 59.8 Å². The molecular weight excluding hydrogens is 529 g/mol. The molecule has 0 aromatic heterocycles. The largest absolute Gasteiger partial charge is 0.478 e. The number of amides is 2. The first-order valence-corrected chi connectivity index (χ1v) is 13.5. The second kappa shape index (κ2) is 10.4. The number of halogens is 1. The average molecular weight is 560 g/mol. The summed E-state index contributed by atoms with van der Waals surface area (Å²) in [6.07, 6.45) is 0.187. The van der Waals surface area contributed by atoms with Gasteiger partial charge >= 0.3 is 6.03 Å². The quantitative estimate of drug-likeness (QED) is 0.356. The van der Waals surface area contributed by atoms with Gasteiger partial charge in [0.05, 0.1) is 39.0 Å². The van der Waals surface area contributed by atoms with Crippen molar-refractivity contribution in [3.63, 3.8) is 0 Å². The number of carbonyl (C=O) groups excluding carboxylic acids is 1. The van der Waals surface area contributed by atoms with E-state index in [1.165, 1.54) is 12.1 Å². The van der Waals surface area contributed by atoms with Gasteiger partial charge in [-0.15, -0.1) is 0 Å². The van der Waals surface area contributed by atoms with Gasteiger partial charge in [-0.2, -0.15) is 0 Å². The highest BCUT2D eigenvalue weighted by Crippen LogP contribution is 2.67. The maximum Gasteiger partial charge on any atom is 0.317 e. The number of fused-ring (bicyclic) bond motifs is 3. The van der Waals surface area contributed by atoms with Gasteiger partial charge in [0.25, 0.3) is 0 Å². The molecule has 2 amide bonds. The molecule has 6 rings (SSSR count). The Balaban J connectivity index is 1.59. The van der Waals surface area contributed by atoms with Crippen LogP contribution in [0.15, 0.2) is 60.7 Å². The first kappa shape index (κ1) is 27.2. The molecular formula is C31H30FN3O6. The summed E-state index contributed by atoms with van der Waals surface area (Å²) in [4.78, 5) is 18.6. The van der Waals surface area contributed by atoms with E-state index in [2.05, 4.69) is 10.2 Å². The Kier molecular flexibility index (Phi) is 6.91. The van der Waals surface area contributed by atoms with Crippen molar-refractivity contribution in [3.8, 4) is 5.75 Å². The van der Waals surface area contributed by atoms with E-state index < -0.39 is 35.6 Å². The van der Waals surface area contributed by atoms with Crippen LogP contribution in [0.4, 0.5) is 14.9 Å². The zero-order chi connectivity index (χ0) is 28.8. The predicted molar refractivity (Wildman–Crippen MR) is 146 cm³/mol. The smallest absolute Gasteiger partial charge is 0.317 e. The number of hydrogen-bond acceptors (Lipinski definition) is 6. The SMILES string of the molecule is [C-]#[N+]c1ccc([C@@]23Oc4cc(CO)cc(CO)c4[C@]2(O)[C@@H](NC(=O)N2CCOCC2)C[C@H]3c2cccc(F)c2)cc1. The number of aliphatic hydroxyl groups is 3. The normalized spacial score (nSPS) is 26.6. The van der Waals surface area contributed by atoms with Gasteiger partial charge in [-0.25, -0.2) is 14.0 Å². The summed E-state index contributed by atoms with van der Waals surface area (Å²) in [5, 5.41) is 36.5. The second-order valence-corrected chi connectivity index (χ2v) is 10.7. The molecule has 212 valence electrons. The summed E-state index contributed by atoms with van der Waals surface area (Å²) in [7, 11) is 0. The van der Waals surface area contributed by atoms with Gasteiger partial charge in [-0.1, -0.05) is 42.5 Å². The molecule has 0 radical (unpaired) electrons. The van der Waals surface area contributed by atoms with Crippen molar-refractivity contribution < 1.29 is 34.0 Å². The Labute approximate surface area is 236 Å². The Bertz CT molecular complexity index is 1520. The summed E-state index contributed by atoms with van der Waals surface area (Å²) >= 11 is 0. The van der Waals surface area contributed by atoms with Crippen LogP contribution in [0.2, 0.25) is 0 Å². The molecule has 0 bridgehead atoms. The van der Waals surface area contributed by atoms with Gasteiger partial charge in [0.2, 0.25) is 0 Å². The first-order valence-electron chi connectivity index (χ1n) is 13.5. The molecule has 3 aromatic carbocycles. The van der Waals surface area contributed by atoms with Crippen LogP contribution in [-0.4, -0.2) is 58.6 Å². The molecule has 4 N–H and O–H groups in total. The highest BCUT2D eigenvalue weighted by molar-refractivity contribution is 5.75. The topological polar surface area (TPSA) is 116 Å². The van der Waals surface area contributed by atoms with Gasteiger partial charge in [0.1, 0.15) is 11.6 Å². The number of nitrogens with one attached hydrogen (secondary N) is 1. The van der Waals surface area contributed by atoms with E-state index in [9.17, 15) is 24.5 Å². The number of hydrogen-bond donors (Lipinski definition) is 4. The number of aliphatic hydroxyl groups excluding tert-OH is 2. The first-order chi connectivity index (χ1) is 19.8. The van der Waals surface area contributed by atoms with Crippen molar-refractivity contribution >= 4 is 11.7 Å². The highest BCUT2D eigenvalue weighted by atomic mass is 19.1. The summed E-state index contributed by atoms with van der Waals surface area (Å²) < 4.78 is 26.8. The molecule has 3 aromatic rings. The summed E-state index contributed by atoms with van der Waals surface area (Å²) in [6.45, 7) is 8.21. The lowest BCUT2D eigenvalue weighted by Gasteiger charge is -2.42. The van der Waals surface area contributed by atoms with Gasteiger partial charge in [-0.3, -0.25) is 0 Å². The minimum atomic E-state index is -1.92. The second-order valence-electron chi connectivity index (χ2n) is 10.7. The van der Waals surface area contributed by atoms with Crippen molar-refractivity contribution in [1.82, 2.24) is 10.2 Å². The van der Waals surface area contributed by atoms with Crippen molar-refractivity contribution in [2.75, 3.05) is 26.3 Å². The monoisotopic (exact) mass is 559 g/mol. The summed E-state index contributed by atoms with van der Waals surface area (Å²) in [6, 6.07) is 14.6. The van der Waals surface area contributed by atoms with E-state index in [1.807, 2.05) is 0 Å². The Morgan fingerprint density at radius 1 is 1.10 bits per heavy atom. The Morgan fingerprint density at radius 3 is 2.51 bits per heavy atom. The molecule has 1 aliphatic carbocycles. The van der Waals surface area contributed by atoms with Gasteiger partial charge in [-0.05, 0) is 46.9 Å². The minimum absolute atomic E-state index is 0.187. The molecule has 2 fully saturated rings. The van der Waals surface area contributed by atoms with E-state index in [1.54, 1.807) is 53.4 Å². The maximum atomic E-state index is 14.6. The molecule has 1 saturated heterocycles. The lowest BCUT2D eigenvalue weighted by Crippen LogP contribution is -2.59. The molecule has 2 heterocycles. The van der Waals surface area contributed by atoms with Crippen LogP contribution in [0.25, 0.3) is 4.85 Å². The van der Waals surface area contributed by atoms with E-state index >= 15 is 0 Å². The summed E-state index contributed by atoms with van der Waals surface area (Å²) in [5.41, 5.74) is -0.905. The van der Waals surface area contributed by atoms with Gasteiger partial charge < -0.3 is 35.0 Å². The number of ether oxygens (including phenoxy) is 2. The number of benzene rings is 3. The Hall–Kier alpha value is -4.01. The van der Waals surface area contributed by atoms with E-state index in [4.69, 9.17) is 16.0 Å².